The van der Waals surface area contributed by atoms with E-state index in [0.717, 1.165) is 72.1 Å². The first-order valence-corrected chi connectivity index (χ1v) is 11.8. The fourth-order valence-corrected chi connectivity index (χ4v) is 4.67. The first kappa shape index (κ1) is 21.9. The number of rotatable bonds is 6. The molecule has 2 aromatic heterocycles. The molecule has 34 heavy (non-hydrogen) atoms. The van der Waals surface area contributed by atoms with Gasteiger partial charge in [0.25, 0.3) is 5.91 Å². The van der Waals surface area contributed by atoms with Crippen molar-refractivity contribution in [1.82, 2.24) is 24.8 Å². The zero-order chi connectivity index (χ0) is 23.7. The number of aromatic nitrogens is 4. The van der Waals surface area contributed by atoms with Gasteiger partial charge in [0.15, 0.2) is 0 Å². The molecule has 3 heterocycles. The highest BCUT2D eigenvalue weighted by atomic mass is 16.2. The van der Waals surface area contributed by atoms with E-state index in [1.807, 2.05) is 67.1 Å². The summed E-state index contributed by atoms with van der Waals surface area (Å²) in [4.78, 5) is 19.7. The standard InChI is InChI=1S/C26H29N7O/c1-4-32-19(3)28-23-16-20(12-13-24(23)32)25(34)29-27-17-22-18(2)30-33(21-10-6-5-7-11-21)26(22)31-14-8-9-15-31/h5-7,10-13,16-17H,4,8-9,14-15H2,1-3H3,(H,29,34)/b27-17+. The van der Waals surface area contributed by atoms with Crippen molar-refractivity contribution in [1.29, 1.82) is 0 Å². The second kappa shape index (κ2) is 9.13. The Labute approximate surface area is 198 Å². The molecule has 1 amide bonds. The third-order valence-corrected chi connectivity index (χ3v) is 6.36. The molecule has 0 saturated carbocycles. The van der Waals surface area contributed by atoms with E-state index >= 15 is 0 Å². The first-order valence-electron chi connectivity index (χ1n) is 11.8. The number of nitrogens with zero attached hydrogens (tertiary/aromatic N) is 6. The molecule has 0 unspecified atom stereocenters. The van der Waals surface area contributed by atoms with E-state index in [2.05, 4.69) is 31.9 Å². The smallest absolute Gasteiger partial charge is 0.271 e. The highest BCUT2D eigenvalue weighted by molar-refractivity contribution is 5.98. The average molecular weight is 456 g/mol. The number of nitrogens with one attached hydrogen (secondary N) is 1. The van der Waals surface area contributed by atoms with Crippen LogP contribution in [0.4, 0.5) is 5.82 Å². The molecule has 4 aromatic rings. The van der Waals surface area contributed by atoms with Crippen LogP contribution in [-0.2, 0) is 6.54 Å². The Morgan fingerprint density at radius 2 is 1.88 bits per heavy atom. The van der Waals surface area contributed by atoms with Gasteiger partial charge in [0, 0.05) is 25.2 Å². The van der Waals surface area contributed by atoms with Gasteiger partial charge in [-0.1, -0.05) is 18.2 Å². The van der Waals surface area contributed by atoms with Crippen LogP contribution in [0.5, 0.6) is 0 Å². The van der Waals surface area contributed by atoms with E-state index < -0.39 is 0 Å². The van der Waals surface area contributed by atoms with Crippen LogP contribution in [0, 0.1) is 13.8 Å². The molecular weight excluding hydrogens is 426 g/mol. The van der Waals surface area contributed by atoms with Crippen LogP contribution in [0.15, 0.2) is 53.6 Å². The topological polar surface area (TPSA) is 80.3 Å². The van der Waals surface area contributed by atoms with E-state index in [4.69, 9.17) is 5.10 Å². The number of benzene rings is 2. The Hall–Kier alpha value is -3.94. The van der Waals surface area contributed by atoms with Crippen molar-refractivity contribution in [2.24, 2.45) is 5.10 Å². The third kappa shape index (κ3) is 3.96. The molecule has 174 valence electrons. The second-order valence-corrected chi connectivity index (χ2v) is 8.57. The van der Waals surface area contributed by atoms with Crippen molar-refractivity contribution in [2.45, 2.75) is 40.2 Å². The van der Waals surface area contributed by atoms with Gasteiger partial charge in [-0.2, -0.15) is 10.2 Å². The Bertz CT molecular complexity index is 1360. The largest absolute Gasteiger partial charge is 0.356 e. The van der Waals surface area contributed by atoms with Crippen LogP contribution in [-0.4, -0.2) is 44.5 Å². The van der Waals surface area contributed by atoms with Crippen molar-refractivity contribution < 1.29 is 4.79 Å². The van der Waals surface area contributed by atoms with Crippen LogP contribution < -0.4 is 10.3 Å². The van der Waals surface area contributed by atoms with Gasteiger partial charge in [0.2, 0.25) is 0 Å². The lowest BCUT2D eigenvalue weighted by Gasteiger charge is -2.20. The first-order chi connectivity index (χ1) is 16.6. The van der Waals surface area contributed by atoms with Crippen molar-refractivity contribution >= 4 is 29.0 Å². The number of fused-ring (bicyclic) bond motifs is 1. The summed E-state index contributed by atoms with van der Waals surface area (Å²) in [5.41, 5.74) is 7.84. The average Bonchev–Trinajstić information content (AvgIpc) is 3.56. The molecule has 0 aliphatic carbocycles. The lowest BCUT2D eigenvalue weighted by atomic mass is 10.2. The molecule has 0 bridgehead atoms. The van der Waals surface area contributed by atoms with Crippen LogP contribution in [0.25, 0.3) is 16.7 Å². The van der Waals surface area contributed by atoms with E-state index in [1.54, 1.807) is 6.21 Å². The van der Waals surface area contributed by atoms with Crippen molar-refractivity contribution in [2.75, 3.05) is 18.0 Å². The van der Waals surface area contributed by atoms with Gasteiger partial charge in [0.1, 0.15) is 11.6 Å². The maximum absolute atomic E-state index is 12.8. The molecule has 1 aliphatic rings. The summed E-state index contributed by atoms with van der Waals surface area (Å²) >= 11 is 0. The van der Waals surface area contributed by atoms with Crippen LogP contribution in [0.2, 0.25) is 0 Å². The molecule has 1 N–H and O–H groups in total. The fraction of sp³-hybridized carbons (Fsp3) is 0.308. The molecular formula is C26H29N7O. The molecule has 1 fully saturated rings. The molecule has 8 nitrogen and oxygen atoms in total. The molecule has 1 saturated heterocycles. The predicted octanol–water partition coefficient (Wildman–Crippen LogP) is 4.22. The zero-order valence-corrected chi connectivity index (χ0v) is 19.8. The molecule has 2 aromatic carbocycles. The summed E-state index contributed by atoms with van der Waals surface area (Å²) in [6, 6.07) is 15.7. The molecule has 0 atom stereocenters. The van der Waals surface area contributed by atoms with Gasteiger partial charge in [0.05, 0.1) is 34.2 Å². The SMILES string of the molecule is CCn1c(C)nc2cc(C(=O)N/N=C/c3c(C)nn(-c4ccccc4)c3N3CCCC3)ccc21. The summed E-state index contributed by atoms with van der Waals surface area (Å²) in [5, 5.41) is 9.10. The van der Waals surface area contributed by atoms with Gasteiger partial charge in [-0.3, -0.25) is 4.79 Å². The quantitative estimate of drug-likeness (QED) is 0.349. The number of amides is 1. The van der Waals surface area contributed by atoms with E-state index in [1.165, 1.54) is 0 Å². The molecule has 1 aliphatic heterocycles. The number of anilines is 1. The predicted molar refractivity (Wildman–Crippen MR) is 135 cm³/mol. The number of carbonyl (C=O) groups is 1. The Balaban J connectivity index is 1.41. The van der Waals surface area contributed by atoms with Gasteiger partial charge in [-0.15, -0.1) is 0 Å². The highest BCUT2D eigenvalue weighted by Crippen LogP contribution is 2.29. The minimum absolute atomic E-state index is 0.266. The summed E-state index contributed by atoms with van der Waals surface area (Å²) in [5.74, 6) is 1.69. The Kier molecular flexibility index (Phi) is 5.88. The minimum atomic E-state index is -0.266. The summed E-state index contributed by atoms with van der Waals surface area (Å²) < 4.78 is 4.10. The van der Waals surface area contributed by atoms with Crippen LogP contribution in [0.1, 0.15) is 47.2 Å². The molecule has 0 spiro atoms. The number of para-hydroxylation sites is 1. The van der Waals surface area contributed by atoms with Crippen LogP contribution in [0.3, 0.4) is 0 Å². The molecule has 8 heteroatoms. The Morgan fingerprint density at radius 3 is 2.62 bits per heavy atom. The van der Waals surface area contributed by atoms with E-state index in [0.29, 0.717) is 5.56 Å². The number of hydrogen-bond acceptors (Lipinski definition) is 5. The van der Waals surface area contributed by atoms with E-state index in [9.17, 15) is 4.79 Å². The monoisotopic (exact) mass is 455 g/mol. The highest BCUT2D eigenvalue weighted by Gasteiger charge is 2.23. The minimum Gasteiger partial charge on any atom is -0.356 e. The zero-order valence-electron chi connectivity index (χ0n) is 19.8. The van der Waals surface area contributed by atoms with E-state index in [-0.39, 0.29) is 5.91 Å². The van der Waals surface area contributed by atoms with Crippen molar-refractivity contribution in [3.05, 3.63) is 71.2 Å². The normalized spacial score (nSPS) is 13.9. The molecule has 0 radical (unpaired) electrons. The summed E-state index contributed by atoms with van der Waals surface area (Å²) in [7, 11) is 0. The number of carbonyl (C=O) groups excluding carboxylic acids is 1. The van der Waals surface area contributed by atoms with Crippen molar-refractivity contribution in [3.63, 3.8) is 0 Å². The van der Waals surface area contributed by atoms with Gasteiger partial charge in [-0.05, 0) is 63.9 Å². The lowest BCUT2D eigenvalue weighted by Crippen LogP contribution is -2.23. The number of imidazole rings is 1. The maximum Gasteiger partial charge on any atom is 0.271 e. The van der Waals surface area contributed by atoms with Crippen molar-refractivity contribution in [3.8, 4) is 5.69 Å². The Morgan fingerprint density at radius 1 is 1.12 bits per heavy atom. The molecule has 5 rings (SSSR count). The fourth-order valence-electron chi connectivity index (χ4n) is 4.67. The maximum atomic E-state index is 12.8. The summed E-state index contributed by atoms with van der Waals surface area (Å²) in [6.07, 6.45) is 4.02. The van der Waals surface area contributed by atoms with Gasteiger partial charge >= 0.3 is 0 Å². The third-order valence-electron chi connectivity index (χ3n) is 6.36. The second-order valence-electron chi connectivity index (χ2n) is 8.57. The lowest BCUT2D eigenvalue weighted by molar-refractivity contribution is 0.0955. The number of hydrogen-bond donors (Lipinski definition) is 1. The van der Waals surface area contributed by atoms with Crippen LogP contribution >= 0.6 is 0 Å². The number of hydrazone groups is 1. The number of aryl methyl sites for hydroxylation is 3. The van der Waals surface area contributed by atoms with Gasteiger partial charge in [-0.25, -0.2) is 15.1 Å². The van der Waals surface area contributed by atoms with Gasteiger partial charge < -0.3 is 9.47 Å². The summed E-state index contributed by atoms with van der Waals surface area (Å²) in [6.45, 7) is 8.84.